The minimum absolute atomic E-state index is 0.149. The number of rotatable bonds is 3. The van der Waals surface area contributed by atoms with Crippen LogP contribution in [0.4, 0.5) is 13.2 Å². The lowest BCUT2D eigenvalue weighted by Crippen LogP contribution is -2.42. The highest BCUT2D eigenvalue weighted by molar-refractivity contribution is 6.27. The van der Waals surface area contributed by atoms with Gasteiger partial charge < -0.3 is 4.90 Å². The van der Waals surface area contributed by atoms with E-state index < -0.39 is 24.5 Å². The molecule has 1 amide bonds. The van der Waals surface area contributed by atoms with Crippen molar-refractivity contribution < 1.29 is 18.0 Å². The SMILES string of the molecule is CC1(C)C=C(N(CC(F)(F)F)C(=O)CCl)CC(C)(C)C1. The fourth-order valence-electron chi connectivity index (χ4n) is 3.11. The Morgan fingerprint density at radius 1 is 1.35 bits per heavy atom. The van der Waals surface area contributed by atoms with Gasteiger partial charge in [-0.05, 0) is 23.7 Å². The van der Waals surface area contributed by atoms with Gasteiger partial charge in [0, 0.05) is 5.70 Å². The number of carbonyl (C=O) groups is 1. The van der Waals surface area contributed by atoms with E-state index >= 15 is 0 Å². The van der Waals surface area contributed by atoms with Crippen LogP contribution >= 0.6 is 11.6 Å². The summed E-state index contributed by atoms with van der Waals surface area (Å²) in [4.78, 5) is 12.6. The molecule has 1 aliphatic rings. The summed E-state index contributed by atoms with van der Waals surface area (Å²) >= 11 is 5.45. The Hall–Kier alpha value is -0.710. The van der Waals surface area contributed by atoms with Crippen LogP contribution in [-0.4, -0.2) is 29.4 Å². The normalized spacial score (nSPS) is 21.3. The number of halogens is 4. The van der Waals surface area contributed by atoms with Crippen LogP contribution in [0.3, 0.4) is 0 Å². The van der Waals surface area contributed by atoms with Crippen molar-refractivity contribution in [1.82, 2.24) is 4.90 Å². The number of amides is 1. The van der Waals surface area contributed by atoms with Crippen LogP contribution in [0.25, 0.3) is 0 Å². The van der Waals surface area contributed by atoms with Crippen molar-refractivity contribution in [2.24, 2.45) is 10.8 Å². The molecule has 0 atom stereocenters. The summed E-state index contributed by atoms with van der Waals surface area (Å²) in [7, 11) is 0. The Bertz CT molecular complexity index is 413. The number of hydrogen-bond donors (Lipinski definition) is 0. The molecule has 0 saturated heterocycles. The van der Waals surface area contributed by atoms with Gasteiger partial charge in [-0.1, -0.05) is 33.8 Å². The largest absolute Gasteiger partial charge is 0.406 e. The molecule has 1 aliphatic carbocycles. The lowest BCUT2D eigenvalue weighted by molar-refractivity contribution is -0.156. The van der Waals surface area contributed by atoms with E-state index in [0.717, 1.165) is 11.3 Å². The lowest BCUT2D eigenvalue weighted by Gasteiger charge is -2.42. The molecule has 0 saturated carbocycles. The highest BCUT2D eigenvalue weighted by atomic mass is 35.5. The fourth-order valence-corrected chi connectivity index (χ4v) is 3.26. The first-order valence-corrected chi connectivity index (χ1v) is 7.03. The summed E-state index contributed by atoms with van der Waals surface area (Å²) in [5.74, 6) is -1.15. The molecule has 0 radical (unpaired) electrons. The molecule has 0 aromatic rings. The van der Waals surface area contributed by atoms with E-state index in [-0.39, 0.29) is 10.8 Å². The molecule has 0 heterocycles. The Balaban J connectivity index is 3.13. The first-order chi connectivity index (χ1) is 8.85. The van der Waals surface area contributed by atoms with Crippen LogP contribution in [0.1, 0.15) is 40.5 Å². The second-order valence-corrected chi connectivity index (χ2v) is 7.14. The summed E-state index contributed by atoms with van der Waals surface area (Å²) in [5, 5.41) is 0. The Labute approximate surface area is 123 Å². The van der Waals surface area contributed by atoms with E-state index in [1.165, 1.54) is 0 Å². The molecule has 0 unspecified atom stereocenters. The standard InChI is InChI=1S/C14H21ClF3NO/c1-12(2)5-10(6-13(3,4)8-12)19(11(20)7-15)9-14(16,17)18/h5H,6-9H2,1-4H3. The van der Waals surface area contributed by atoms with Crippen molar-refractivity contribution >= 4 is 17.5 Å². The van der Waals surface area contributed by atoms with Gasteiger partial charge in [0.25, 0.3) is 0 Å². The first kappa shape index (κ1) is 17.3. The average Bonchev–Trinajstić information content (AvgIpc) is 2.19. The molecule has 0 aromatic carbocycles. The van der Waals surface area contributed by atoms with Crippen LogP contribution in [0.2, 0.25) is 0 Å². The van der Waals surface area contributed by atoms with Gasteiger partial charge in [0.2, 0.25) is 5.91 Å². The maximum absolute atomic E-state index is 12.7. The average molecular weight is 312 g/mol. The summed E-state index contributed by atoms with van der Waals surface area (Å²) < 4.78 is 38.0. The molecular weight excluding hydrogens is 291 g/mol. The molecule has 6 heteroatoms. The van der Waals surface area contributed by atoms with Gasteiger partial charge >= 0.3 is 6.18 Å². The van der Waals surface area contributed by atoms with Crippen LogP contribution < -0.4 is 0 Å². The number of allylic oxidation sites excluding steroid dienone is 2. The predicted molar refractivity (Wildman–Crippen MR) is 73.4 cm³/mol. The third kappa shape index (κ3) is 5.00. The van der Waals surface area contributed by atoms with Gasteiger partial charge in [-0.3, -0.25) is 4.79 Å². The van der Waals surface area contributed by atoms with Crippen molar-refractivity contribution in [2.75, 3.05) is 12.4 Å². The molecule has 0 aromatic heterocycles. The molecule has 116 valence electrons. The molecule has 2 nitrogen and oxygen atoms in total. The van der Waals surface area contributed by atoms with Gasteiger partial charge in [0.15, 0.2) is 0 Å². The Kier molecular flexibility index (Phi) is 4.84. The summed E-state index contributed by atoms with van der Waals surface area (Å²) in [6, 6.07) is 0. The first-order valence-electron chi connectivity index (χ1n) is 6.50. The molecule has 0 fully saturated rings. The van der Waals surface area contributed by atoms with E-state index in [9.17, 15) is 18.0 Å². The summed E-state index contributed by atoms with van der Waals surface area (Å²) in [6.07, 6.45) is -1.36. The minimum Gasteiger partial charge on any atom is -0.306 e. The number of hydrogen-bond acceptors (Lipinski definition) is 1. The summed E-state index contributed by atoms with van der Waals surface area (Å²) in [6.45, 7) is 6.64. The van der Waals surface area contributed by atoms with E-state index in [1.807, 2.05) is 27.7 Å². The number of nitrogens with zero attached hydrogens (tertiary/aromatic N) is 1. The van der Waals surface area contributed by atoms with Crippen LogP contribution in [0, 0.1) is 10.8 Å². The van der Waals surface area contributed by atoms with Crippen LogP contribution in [-0.2, 0) is 4.79 Å². The lowest BCUT2D eigenvalue weighted by atomic mass is 9.68. The molecular formula is C14H21ClF3NO. The van der Waals surface area contributed by atoms with Crippen molar-refractivity contribution in [3.05, 3.63) is 11.8 Å². The maximum Gasteiger partial charge on any atom is 0.406 e. The van der Waals surface area contributed by atoms with Gasteiger partial charge in [0.1, 0.15) is 12.4 Å². The zero-order chi connectivity index (χ0) is 15.8. The topological polar surface area (TPSA) is 20.3 Å². The Morgan fingerprint density at radius 3 is 2.30 bits per heavy atom. The third-order valence-corrected chi connectivity index (χ3v) is 3.48. The van der Waals surface area contributed by atoms with Gasteiger partial charge in [-0.2, -0.15) is 13.2 Å². The molecule has 20 heavy (non-hydrogen) atoms. The van der Waals surface area contributed by atoms with Crippen molar-refractivity contribution in [3.63, 3.8) is 0 Å². The smallest absolute Gasteiger partial charge is 0.306 e. The highest BCUT2D eigenvalue weighted by Crippen LogP contribution is 2.45. The molecule has 0 N–H and O–H groups in total. The highest BCUT2D eigenvalue weighted by Gasteiger charge is 2.40. The maximum atomic E-state index is 12.7. The zero-order valence-electron chi connectivity index (χ0n) is 12.3. The predicted octanol–water partition coefficient (Wildman–Crippen LogP) is 4.35. The van der Waals surface area contributed by atoms with E-state index in [1.54, 1.807) is 6.08 Å². The third-order valence-electron chi connectivity index (χ3n) is 3.25. The molecule has 1 rings (SSSR count). The monoisotopic (exact) mass is 311 g/mol. The van der Waals surface area contributed by atoms with Crippen LogP contribution in [0.15, 0.2) is 11.8 Å². The molecule has 0 spiro atoms. The molecule has 0 aliphatic heterocycles. The number of carbonyl (C=O) groups excluding carboxylic acids is 1. The number of alkyl halides is 4. The van der Waals surface area contributed by atoms with Gasteiger partial charge in [-0.15, -0.1) is 11.6 Å². The zero-order valence-corrected chi connectivity index (χ0v) is 13.0. The fraction of sp³-hybridized carbons (Fsp3) is 0.786. The van der Waals surface area contributed by atoms with E-state index in [0.29, 0.717) is 12.1 Å². The van der Waals surface area contributed by atoms with E-state index in [2.05, 4.69) is 0 Å². The van der Waals surface area contributed by atoms with Crippen molar-refractivity contribution in [1.29, 1.82) is 0 Å². The quantitative estimate of drug-likeness (QED) is 0.710. The van der Waals surface area contributed by atoms with Gasteiger partial charge in [0.05, 0.1) is 0 Å². The van der Waals surface area contributed by atoms with Crippen LogP contribution in [0.5, 0.6) is 0 Å². The van der Waals surface area contributed by atoms with E-state index in [4.69, 9.17) is 11.6 Å². The Morgan fingerprint density at radius 2 is 1.90 bits per heavy atom. The second kappa shape index (κ2) is 5.58. The minimum atomic E-state index is -4.44. The molecule has 0 bridgehead atoms. The second-order valence-electron chi connectivity index (χ2n) is 6.87. The van der Waals surface area contributed by atoms with Crippen molar-refractivity contribution in [2.45, 2.75) is 46.7 Å². The summed E-state index contributed by atoms with van der Waals surface area (Å²) in [5.41, 5.74) is 0.0339. The van der Waals surface area contributed by atoms with Crippen molar-refractivity contribution in [3.8, 4) is 0 Å². The van der Waals surface area contributed by atoms with Gasteiger partial charge in [-0.25, -0.2) is 0 Å².